The van der Waals surface area contributed by atoms with Crippen molar-refractivity contribution >= 4 is 26.0 Å². The molecular weight excluding hydrogens is 356 g/mol. The largest absolute Gasteiger partial charge is 0.0619 e. The maximum Gasteiger partial charge on any atom is 0.0335 e. The summed E-state index contributed by atoms with van der Waals surface area (Å²) >= 11 is 3.95. The summed E-state index contributed by atoms with van der Waals surface area (Å²) in [6.45, 7) is 4.50. The summed E-state index contributed by atoms with van der Waals surface area (Å²) in [5, 5.41) is 0. The average Bonchev–Trinajstić information content (AvgIpc) is 2.95. The van der Waals surface area contributed by atoms with Gasteiger partial charge in [0.1, 0.15) is 0 Å². The van der Waals surface area contributed by atoms with Crippen LogP contribution in [-0.4, -0.2) is 0 Å². The van der Waals surface area contributed by atoms with Crippen LogP contribution in [0.15, 0.2) is 72.8 Å². The van der Waals surface area contributed by atoms with Crippen LogP contribution in [0.25, 0.3) is 21.2 Å². The van der Waals surface area contributed by atoms with E-state index in [1.807, 2.05) is 0 Å². The first kappa shape index (κ1) is 15.4. The van der Waals surface area contributed by atoms with Crippen molar-refractivity contribution in [2.75, 3.05) is 0 Å². The second kappa shape index (κ2) is 6.07. The number of rotatable bonds is 2. The summed E-state index contributed by atoms with van der Waals surface area (Å²) in [6.07, 6.45) is 0. The average molecular weight is 375 g/mol. The monoisotopic (exact) mass is 374 g/mol. The number of hydrogen-bond acceptors (Lipinski definition) is 0. The molecular formula is C23H19Br. The molecule has 1 heteroatoms. The third-order valence-electron chi connectivity index (χ3n) is 4.72. The summed E-state index contributed by atoms with van der Waals surface area (Å²) in [4.78, 5) is 0. The number of benzene rings is 3. The van der Waals surface area contributed by atoms with E-state index in [9.17, 15) is 0 Å². The van der Waals surface area contributed by atoms with Crippen LogP contribution in [0.2, 0.25) is 0 Å². The Morgan fingerprint density at radius 3 is 1.67 bits per heavy atom. The van der Waals surface area contributed by atoms with Gasteiger partial charge in [0.05, 0.1) is 0 Å². The lowest BCUT2D eigenvalue weighted by atomic mass is 9.93. The van der Waals surface area contributed by atoms with Crippen molar-refractivity contribution < 1.29 is 0 Å². The van der Waals surface area contributed by atoms with Crippen LogP contribution in [-0.2, 0) is 0 Å². The fourth-order valence-corrected chi connectivity index (χ4v) is 4.38. The summed E-state index contributed by atoms with van der Waals surface area (Å²) in [6, 6.07) is 26.1. The molecule has 0 spiro atoms. The van der Waals surface area contributed by atoms with Crippen molar-refractivity contribution in [2.24, 2.45) is 0 Å². The first-order valence-electron chi connectivity index (χ1n) is 8.36. The molecule has 0 aliphatic heterocycles. The van der Waals surface area contributed by atoms with Crippen molar-refractivity contribution in [3.05, 3.63) is 95.1 Å². The van der Waals surface area contributed by atoms with Crippen molar-refractivity contribution in [1.29, 1.82) is 0 Å². The summed E-state index contributed by atoms with van der Waals surface area (Å²) < 4.78 is 1.18. The normalized spacial score (nSPS) is 12.2. The maximum absolute atomic E-state index is 3.95. The smallest absolute Gasteiger partial charge is 0.0335 e. The zero-order valence-electron chi connectivity index (χ0n) is 13.9. The Morgan fingerprint density at radius 1 is 0.667 bits per heavy atom. The van der Waals surface area contributed by atoms with Gasteiger partial charge in [-0.2, -0.15) is 0 Å². The quantitative estimate of drug-likeness (QED) is 0.350. The van der Waals surface area contributed by atoms with Gasteiger partial charge in [-0.05, 0) is 55.2 Å². The van der Waals surface area contributed by atoms with Gasteiger partial charge in [-0.1, -0.05) is 86.6 Å². The van der Waals surface area contributed by atoms with Gasteiger partial charge in [0.15, 0.2) is 0 Å². The van der Waals surface area contributed by atoms with E-state index in [1.165, 1.54) is 43.4 Å². The predicted octanol–water partition coefficient (Wildman–Crippen LogP) is 7.10. The second-order valence-corrected chi connectivity index (χ2v) is 7.32. The Labute approximate surface area is 152 Å². The molecule has 0 nitrogen and oxygen atoms in total. The molecule has 0 atom stereocenters. The number of halogens is 1. The second-order valence-electron chi connectivity index (χ2n) is 6.52. The van der Waals surface area contributed by atoms with E-state index in [1.54, 1.807) is 0 Å². The van der Waals surface area contributed by atoms with Crippen molar-refractivity contribution in [3.63, 3.8) is 0 Å². The van der Waals surface area contributed by atoms with Gasteiger partial charge in [0.2, 0.25) is 0 Å². The fourth-order valence-electron chi connectivity index (χ4n) is 3.59. The molecule has 0 radical (unpaired) electrons. The zero-order chi connectivity index (χ0) is 16.7. The third-order valence-corrected chi connectivity index (χ3v) is 5.55. The van der Waals surface area contributed by atoms with Gasteiger partial charge >= 0.3 is 0 Å². The minimum Gasteiger partial charge on any atom is -0.0619 e. The van der Waals surface area contributed by atoms with Crippen molar-refractivity contribution in [2.45, 2.75) is 19.8 Å². The molecule has 0 amide bonds. The van der Waals surface area contributed by atoms with Gasteiger partial charge in [0.25, 0.3) is 0 Å². The Balaban J connectivity index is 2.04. The molecule has 0 unspecified atom stereocenters. The molecule has 0 aromatic heterocycles. The van der Waals surface area contributed by atoms with Crippen LogP contribution >= 0.6 is 15.9 Å². The molecule has 0 fully saturated rings. The SMILES string of the molecule is CC(C)c1ccccc1C(Br)=C1c2ccccc2-c2ccccc21. The van der Waals surface area contributed by atoms with E-state index in [2.05, 4.69) is 103 Å². The highest BCUT2D eigenvalue weighted by Crippen LogP contribution is 2.49. The summed E-state index contributed by atoms with van der Waals surface area (Å²) in [7, 11) is 0. The fraction of sp³-hybridized carbons (Fsp3) is 0.130. The van der Waals surface area contributed by atoms with Crippen LogP contribution in [0.5, 0.6) is 0 Å². The number of fused-ring (bicyclic) bond motifs is 3. The first-order valence-corrected chi connectivity index (χ1v) is 9.16. The zero-order valence-corrected chi connectivity index (χ0v) is 15.5. The molecule has 0 bridgehead atoms. The highest BCUT2D eigenvalue weighted by Gasteiger charge is 2.26. The topological polar surface area (TPSA) is 0 Å². The Kier molecular flexibility index (Phi) is 3.90. The Morgan fingerprint density at radius 2 is 1.12 bits per heavy atom. The van der Waals surface area contributed by atoms with Crippen LogP contribution < -0.4 is 0 Å². The van der Waals surface area contributed by atoms with Crippen LogP contribution in [0, 0.1) is 0 Å². The van der Waals surface area contributed by atoms with E-state index in [0.717, 1.165) is 0 Å². The lowest BCUT2D eigenvalue weighted by Crippen LogP contribution is -1.95. The summed E-state index contributed by atoms with van der Waals surface area (Å²) in [5.74, 6) is 0.487. The minimum absolute atomic E-state index is 0.487. The van der Waals surface area contributed by atoms with E-state index in [-0.39, 0.29) is 0 Å². The van der Waals surface area contributed by atoms with Gasteiger partial charge in [0, 0.05) is 10.1 Å². The molecule has 24 heavy (non-hydrogen) atoms. The van der Waals surface area contributed by atoms with Crippen LogP contribution in [0.1, 0.15) is 42.0 Å². The molecule has 4 rings (SSSR count). The number of hydrogen-bond donors (Lipinski definition) is 0. The van der Waals surface area contributed by atoms with E-state index in [0.29, 0.717) is 5.92 Å². The molecule has 0 saturated heterocycles. The molecule has 1 aliphatic rings. The van der Waals surface area contributed by atoms with Crippen LogP contribution in [0.3, 0.4) is 0 Å². The molecule has 3 aromatic rings. The first-order chi connectivity index (χ1) is 11.7. The standard InChI is InChI=1S/C23H19Br/c1-15(2)16-9-3-8-14-21(16)23(24)22-19-12-6-4-10-17(19)18-11-5-7-13-20(18)22/h3-15H,1-2H3. The summed E-state index contributed by atoms with van der Waals surface area (Å²) in [5.41, 5.74) is 9.22. The van der Waals surface area contributed by atoms with Crippen LogP contribution in [0.4, 0.5) is 0 Å². The van der Waals surface area contributed by atoms with Gasteiger partial charge in [-0.25, -0.2) is 0 Å². The van der Waals surface area contributed by atoms with E-state index < -0.39 is 0 Å². The predicted molar refractivity (Wildman–Crippen MR) is 107 cm³/mol. The molecule has 3 aromatic carbocycles. The van der Waals surface area contributed by atoms with Crippen molar-refractivity contribution in [3.8, 4) is 11.1 Å². The molecule has 1 aliphatic carbocycles. The Hall–Kier alpha value is -2.12. The lowest BCUT2D eigenvalue weighted by molar-refractivity contribution is 0.864. The van der Waals surface area contributed by atoms with Gasteiger partial charge < -0.3 is 0 Å². The highest BCUT2D eigenvalue weighted by atomic mass is 79.9. The van der Waals surface area contributed by atoms with Gasteiger partial charge in [-0.15, -0.1) is 0 Å². The van der Waals surface area contributed by atoms with E-state index in [4.69, 9.17) is 0 Å². The Bertz CT molecular complexity index is 900. The highest BCUT2D eigenvalue weighted by molar-refractivity contribution is 9.15. The lowest BCUT2D eigenvalue weighted by Gasteiger charge is -2.15. The van der Waals surface area contributed by atoms with Gasteiger partial charge in [-0.3, -0.25) is 0 Å². The molecule has 0 saturated carbocycles. The maximum atomic E-state index is 3.95. The third kappa shape index (κ3) is 2.35. The van der Waals surface area contributed by atoms with Crippen molar-refractivity contribution in [1.82, 2.24) is 0 Å². The molecule has 118 valence electrons. The van der Waals surface area contributed by atoms with E-state index >= 15 is 0 Å². The molecule has 0 N–H and O–H groups in total. The minimum atomic E-state index is 0.487. The molecule has 0 heterocycles.